The second-order valence-corrected chi connectivity index (χ2v) is 5.26. The lowest BCUT2D eigenvalue weighted by molar-refractivity contribution is -0.108. The van der Waals surface area contributed by atoms with Crippen LogP contribution in [0.25, 0.3) is 0 Å². The Kier molecular flexibility index (Phi) is 5.95. The first-order chi connectivity index (χ1) is 10.3. The fraction of sp³-hybridized carbons (Fsp3) is 0.333. The standard InChI is InChI=1S/C13H13NO.C5H8O/c1-11-9-14-8-7-13(11)15-10-12-5-3-2-4-6-12;6-4-3-5-1-2-5/h2-9H,10H2,1H3;4-5H,1-3H2. The van der Waals surface area contributed by atoms with E-state index in [1.807, 2.05) is 31.2 Å². The number of hydrogen-bond acceptors (Lipinski definition) is 3. The smallest absolute Gasteiger partial charge is 0.125 e. The lowest BCUT2D eigenvalue weighted by Gasteiger charge is -2.07. The molecule has 3 rings (SSSR count). The van der Waals surface area contributed by atoms with E-state index < -0.39 is 0 Å². The van der Waals surface area contributed by atoms with E-state index in [9.17, 15) is 4.79 Å². The first kappa shape index (κ1) is 15.2. The first-order valence-electron chi connectivity index (χ1n) is 7.30. The molecule has 1 heterocycles. The summed E-state index contributed by atoms with van der Waals surface area (Å²) in [6.45, 7) is 2.60. The highest BCUT2D eigenvalue weighted by atomic mass is 16.5. The summed E-state index contributed by atoms with van der Waals surface area (Å²) in [5.74, 6) is 1.68. The molecule has 1 aliphatic carbocycles. The van der Waals surface area contributed by atoms with Crippen LogP contribution in [0.1, 0.15) is 30.4 Å². The quantitative estimate of drug-likeness (QED) is 0.780. The Morgan fingerprint density at radius 1 is 1.24 bits per heavy atom. The number of aromatic nitrogens is 1. The van der Waals surface area contributed by atoms with Crippen molar-refractivity contribution < 1.29 is 9.53 Å². The Labute approximate surface area is 126 Å². The molecule has 0 spiro atoms. The van der Waals surface area contributed by atoms with Gasteiger partial charge in [-0.25, -0.2) is 0 Å². The maximum Gasteiger partial charge on any atom is 0.125 e. The van der Waals surface area contributed by atoms with Crippen LogP contribution in [0.5, 0.6) is 5.75 Å². The molecule has 1 aromatic carbocycles. The summed E-state index contributed by atoms with van der Waals surface area (Å²) in [7, 11) is 0. The molecule has 3 nitrogen and oxygen atoms in total. The average molecular weight is 283 g/mol. The first-order valence-corrected chi connectivity index (χ1v) is 7.30. The van der Waals surface area contributed by atoms with Gasteiger partial charge in [-0.1, -0.05) is 30.3 Å². The molecular formula is C18H21NO2. The average Bonchev–Trinajstić information content (AvgIpc) is 3.33. The second-order valence-electron chi connectivity index (χ2n) is 5.26. The molecule has 2 aromatic rings. The van der Waals surface area contributed by atoms with E-state index in [0.29, 0.717) is 6.61 Å². The molecule has 21 heavy (non-hydrogen) atoms. The van der Waals surface area contributed by atoms with E-state index in [4.69, 9.17) is 4.74 Å². The summed E-state index contributed by atoms with van der Waals surface area (Å²) in [4.78, 5) is 13.7. The van der Waals surface area contributed by atoms with Crippen LogP contribution in [0.2, 0.25) is 0 Å². The van der Waals surface area contributed by atoms with Gasteiger partial charge in [0.05, 0.1) is 0 Å². The Hall–Kier alpha value is -2.16. The summed E-state index contributed by atoms with van der Waals surface area (Å²) < 4.78 is 5.68. The Balaban J connectivity index is 0.000000225. The van der Waals surface area contributed by atoms with E-state index in [2.05, 4.69) is 17.1 Å². The van der Waals surface area contributed by atoms with Crippen molar-refractivity contribution in [3.05, 3.63) is 59.9 Å². The zero-order valence-corrected chi connectivity index (χ0v) is 12.4. The van der Waals surface area contributed by atoms with Gasteiger partial charge in [0, 0.05) is 24.4 Å². The molecule has 0 radical (unpaired) electrons. The molecular weight excluding hydrogens is 262 g/mol. The van der Waals surface area contributed by atoms with Gasteiger partial charge in [-0.3, -0.25) is 4.98 Å². The van der Waals surface area contributed by atoms with Gasteiger partial charge in [0.2, 0.25) is 0 Å². The topological polar surface area (TPSA) is 39.2 Å². The molecule has 1 saturated carbocycles. The third-order valence-corrected chi connectivity index (χ3v) is 3.33. The zero-order chi connectivity index (χ0) is 14.9. The van der Waals surface area contributed by atoms with Crippen molar-refractivity contribution in [1.82, 2.24) is 4.98 Å². The monoisotopic (exact) mass is 283 g/mol. The number of nitrogens with zero attached hydrogens (tertiary/aromatic N) is 1. The lowest BCUT2D eigenvalue weighted by atomic mass is 10.2. The second kappa shape index (κ2) is 8.20. The lowest BCUT2D eigenvalue weighted by Crippen LogP contribution is -1.96. The van der Waals surface area contributed by atoms with Crippen molar-refractivity contribution in [2.45, 2.75) is 32.8 Å². The summed E-state index contributed by atoms with van der Waals surface area (Å²) in [6, 6.07) is 12.0. The number of carbonyl (C=O) groups is 1. The summed E-state index contributed by atoms with van der Waals surface area (Å²) >= 11 is 0. The number of benzene rings is 1. The highest BCUT2D eigenvalue weighted by Gasteiger charge is 2.19. The summed E-state index contributed by atoms with van der Waals surface area (Å²) in [5.41, 5.74) is 2.24. The Morgan fingerprint density at radius 2 is 2.00 bits per heavy atom. The number of pyridine rings is 1. The van der Waals surface area contributed by atoms with Crippen LogP contribution >= 0.6 is 0 Å². The molecule has 3 heteroatoms. The van der Waals surface area contributed by atoms with Gasteiger partial charge >= 0.3 is 0 Å². The maximum atomic E-state index is 9.66. The summed E-state index contributed by atoms with van der Waals surface area (Å²) in [5, 5.41) is 0. The van der Waals surface area contributed by atoms with Crippen molar-refractivity contribution >= 4 is 6.29 Å². The molecule has 0 atom stereocenters. The van der Waals surface area contributed by atoms with Crippen molar-refractivity contribution in [2.75, 3.05) is 0 Å². The Morgan fingerprint density at radius 3 is 2.57 bits per heavy atom. The van der Waals surface area contributed by atoms with Gasteiger partial charge in [-0.05, 0) is 37.3 Å². The van der Waals surface area contributed by atoms with Crippen LogP contribution in [0.3, 0.4) is 0 Å². The predicted molar refractivity (Wildman–Crippen MR) is 83.2 cm³/mol. The van der Waals surface area contributed by atoms with Gasteiger partial charge in [0.25, 0.3) is 0 Å². The summed E-state index contributed by atoms with van der Waals surface area (Å²) in [6.07, 6.45) is 7.95. The van der Waals surface area contributed by atoms with E-state index >= 15 is 0 Å². The van der Waals surface area contributed by atoms with Crippen molar-refractivity contribution in [3.8, 4) is 5.75 Å². The molecule has 0 saturated heterocycles. The van der Waals surface area contributed by atoms with Crippen LogP contribution in [0.4, 0.5) is 0 Å². The normalized spacial score (nSPS) is 13.0. The molecule has 1 fully saturated rings. The largest absolute Gasteiger partial charge is 0.489 e. The number of aryl methyl sites for hydroxylation is 1. The van der Waals surface area contributed by atoms with E-state index in [0.717, 1.165) is 29.9 Å². The minimum absolute atomic E-state index is 0.603. The molecule has 1 aliphatic rings. The number of ether oxygens (including phenoxy) is 1. The van der Waals surface area contributed by atoms with Gasteiger partial charge < -0.3 is 9.53 Å². The number of aldehydes is 1. The number of carbonyl (C=O) groups excluding carboxylic acids is 1. The van der Waals surface area contributed by atoms with Crippen LogP contribution in [0.15, 0.2) is 48.8 Å². The maximum absolute atomic E-state index is 9.66. The molecule has 110 valence electrons. The third kappa shape index (κ3) is 5.78. The molecule has 0 amide bonds. The number of hydrogen-bond donors (Lipinski definition) is 0. The highest BCUT2D eigenvalue weighted by Crippen LogP contribution is 2.30. The van der Waals surface area contributed by atoms with Crippen molar-refractivity contribution in [1.29, 1.82) is 0 Å². The molecule has 0 N–H and O–H groups in total. The van der Waals surface area contributed by atoms with Crippen LogP contribution in [0, 0.1) is 12.8 Å². The fourth-order valence-electron chi connectivity index (χ4n) is 1.85. The van der Waals surface area contributed by atoms with Gasteiger partial charge in [0.1, 0.15) is 18.6 Å². The van der Waals surface area contributed by atoms with Gasteiger partial charge in [-0.15, -0.1) is 0 Å². The fourth-order valence-corrected chi connectivity index (χ4v) is 1.85. The van der Waals surface area contributed by atoms with Gasteiger partial charge in [0.15, 0.2) is 0 Å². The van der Waals surface area contributed by atoms with Crippen LogP contribution in [-0.2, 0) is 11.4 Å². The van der Waals surface area contributed by atoms with Gasteiger partial charge in [-0.2, -0.15) is 0 Å². The Bertz CT molecular complexity index is 550. The molecule has 0 aliphatic heterocycles. The SMILES string of the molecule is Cc1cnccc1OCc1ccccc1.O=CCC1CC1. The van der Waals surface area contributed by atoms with Crippen molar-refractivity contribution in [2.24, 2.45) is 5.92 Å². The third-order valence-electron chi connectivity index (χ3n) is 3.33. The van der Waals surface area contributed by atoms with Crippen LogP contribution < -0.4 is 4.74 Å². The van der Waals surface area contributed by atoms with Crippen LogP contribution in [-0.4, -0.2) is 11.3 Å². The zero-order valence-electron chi connectivity index (χ0n) is 12.4. The minimum atomic E-state index is 0.603. The van der Waals surface area contributed by atoms with E-state index in [1.54, 1.807) is 12.4 Å². The van der Waals surface area contributed by atoms with E-state index in [-0.39, 0.29) is 0 Å². The molecule has 0 bridgehead atoms. The van der Waals surface area contributed by atoms with Crippen molar-refractivity contribution in [3.63, 3.8) is 0 Å². The minimum Gasteiger partial charge on any atom is -0.489 e. The predicted octanol–water partition coefficient (Wildman–Crippen LogP) is 3.95. The molecule has 1 aromatic heterocycles. The number of rotatable bonds is 5. The molecule has 0 unspecified atom stereocenters. The highest BCUT2D eigenvalue weighted by molar-refractivity contribution is 5.50. The van der Waals surface area contributed by atoms with E-state index in [1.165, 1.54) is 18.4 Å².